The lowest BCUT2D eigenvalue weighted by Crippen LogP contribution is -2.49. The van der Waals surface area contributed by atoms with E-state index in [0.717, 1.165) is 24.1 Å². The van der Waals surface area contributed by atoms with Crippen molar-refractivity contribution in [2.75, 3.05) is 19.6 Å². The molecule has 3 aliphatic rings. The maximum atomic E-state index is 12.9. The number of carbonyl (C=O) groups excluding carboxylic acids is 1. The number of hydrogen-bond acceptors (Lipinski definition) is 4. The third kappa shape index (κ3) is 2.78. The van der Waals surface area contributed by atoms with Crippen LogP contribution >= 0.6 is 0 Å². The Morgan fingerprint density at radius 2 is 1.96 bits per heavy atom. The van der Waals surface area contributed by atoms with E-state index in [1.165, 1.54) is 12.8 Å². The van der Waals surface area contributed by atoms with Gasteiger partial charge in [-0.15, -0.1) is 10.2 Å². The number of aromatic nitrogens is 3. The van der Waals surface area contributed by atoms with Crippen molar-refractivity contribution in [2.45, 2.75) is 38.5 Å². The Bertz CT molecular complexity index is 640. The van der Waals surface area contributed by atoms with Crippen LogP contribution in [0.4, 0.5) is 13.2 Å². The van der Waals surface area contributed by atoms with Crippen molar-refractivity contribution in [1.29, 1.82) is 0 Å². The Morgan fingerprint density at radius 1 is 1.17 bits per heavy atom. The lowest BCUT2D eigenvalue weighted by Gasteiger charge is -2.36. The number of nitrogens with one attached hydrogen (secondary N) is 1. The van der Waals surface area contributed by atoms with Gasteiger partial charge in [-0.1, -0.05) is 0 Å². The molecule has 2 fully saturated rings. The van der Waals surface area contributed by atoms with E-state index in [4.69, 9.17) is 0 Å². The molecule has 9 heteroatoms. The summed E-state index contributed by atoms with van der Waals surface area (Å²) in [7, 11) is 0. The summed E-state index contributed by atoms with van der Waals surface area (Å²) in [6.07, 6.45) is -1.35. The fourth-order valence-corrected chi connectivity index (χ4v) is 4.00. The van der Waals surface area contributed by atoms with Crippen LogP contribution in [0.3, 0.4) is 0 Å². The monoisotopic (exact) mass is 343 g/mol. The number of hydrogen-bond donors (Lipinski definition) is 1. The Morgan fingerprint density at radius 3 is 2.67 bits per heavy atom. The van der Waals surface area contributed by atoms with Crippen molar-refractivity contribution in [3.8, 4) is 0 Å². The molecule has 1 N–H and O–H groups in total. The Balaban J connectivity index is 1.50. The van der Waals surface area contributed by atoms with Crippen LogP contribution in [0.5, 0.6) is 0 Å². The standard InChI is InChI=1S/C15H20F3N5O/c16-15(17,18)14-21-20-12-8-22(5-6-23(12)14)13(24)10-3-4-19-7-11(10)9-1-2-9/h9-11,19H,1-8H2. The summed E-state index contributed by atoms with van der Waals surface area (Å²) in [6.45, 7) is 2.19. The molecule has 3 heterocycles. The topological polar surface area (TPSA) is 63.1 Å². The molecule has 1 saturated carbocycles. The minimum atomic E-state index is -4.51. The highest BCUT2D eigenvalue weighted by molar-refractivity contribution is 5.79. The van der Waals surface area contributed by atoms with Crippen LogP contribution in [0.1, 0.15) is 30.9 Å². The van der Waals surface area contributed by atoms with Gasteiger partial charge >= 0.3 is 6.18 Å². The van der Waals surface area contributed by atoms with Crippen molar-refractivity contribution >= 4 is 5.91 Å². The van der Waals surface area contributed by atoms with Crippen molar-refractivity contribution in [3.63, 3.8) is 0 Å². The molecule has 0 spiro atoms. The summed E-state index contributed by atoms with van der Waals surface area (Å²) in [5, 5.41) is 10.3. The molecule has 2 atom stereocenters. The summed E-state index contributed by atoms with van der Waals surface area (Å²) in [4.78, 5) is 14.6. The van der Waals surface area contributed by atoms with Crippen molar-refractivity contribution in [1.82, 2.24) is 25.0 Å². The highest BCUT2D eigenvalue weighted by Crippen LogP contribution is 2.43. The molecule has 24 heavy (non-hydrogen) atoms. The number of fused-ring (bicyclic) bond motifs is 1. The molecule has 0 radical (unpaired) electrons. The lowest BCUT2D eigenvalue weighted by atomic mass is 9.82. The molecular weight excluding hydrogens is 323 g/mol. The summed E-state index contributed by atoms with van der Waals surface area (Å²) in [5.41, 5.74) is 0. The van der Waals surface area contributed by atoms with Gasteiger partial charge in [0.1, 0.15) is 0 Å². The van der Waals surface area contributed by atoms with Gasteiger partial charge in [0.05, 0.1) is 6.54 Å². The van der Waals surface area contributed by atoms with Crippen molar-refractivity contribution in [2.24, 2.45) is 17.8 Å². The molecule has 1 amide bonds. The molecule has 1 aromatic heterocycles. The van der Waals surface area contributed by atoms with Crippen LogP contribution in [0.2, 0.25) is 0 Å². The van der Waals surface area contributed by atoms with Gasteiger partial charge in [-0.05, 0) is 44.2 Å². The van der Waals surface area contributed by atoms with Crippen LogP contribution in [0.25, 0.3) is 0 Å². The van der Waals surface area contributed by atoms with Gasteiger partial charge in [0.2, 0.25) is 11.7 Å². The van der Waals surface area contributed by atoms with Gasteiger partial charge < -0.3 is 14.8 Å². The molecule has 0 aromatic carbocycles. The van der Waals surface area contributed by atoms with Gasteiger partial charge in [0.25, 0.3) is 0 Å². The van der Waals surface area contributed by atoms with Crippen molar-refractivity contribution < 1.29 is 18.0 Å². The van der Waals surface area contributed by atoms with Crippen LogP contribution in [-0.2, 0) is 24.1 Å². The van der Waals surface area contributed by atoms with E-state index in [1.807, 2.05) is 0 Å². The Kier molecular flexibility index (Phi) is 3.78. The number of amides is 1. The molecule has 6 nitrogen and oxygen atoms in total. The number of halogens is 3. The minimum absolute atomic E-state index is 0.0182. The Hall–Kier alpha value is -1.64. The molecule has 4 rings (SSSR count). The molecule has 1 saturated heterocycles. The molecule has 2 aliphatic heterocycles. The highest BCUT2D eigenvalue weighted by Gasteiger charge is 2.44. The SMILES string of the molecule is O=C(C1CCNCC1C1CC1)N1CCn2c(nnc2C(F)(F)F)C1. The van der Waals surface area contributed by atoms with Crippen molar-refractivity contribution in [3.05, 3.63) is 11.6 Å². The zero-order valence-corrected chi connectivity index (χ0v) is 13.2. The number of piperidine rings is 1. The summed E-state index contributed by atoms with van der Waals surface area (Å²) < 4.78 is 39.8. The largest absolute Gasteiger partial charge is 0.451 e. The first-order valence-corrected chi connectivity index (χ1v) is 8.44. The molecule has 132 valence electrons. The lowest BCUT2D eigenvalue weighted by molar-refractivity contribution is -0.148. The first-order valence-electron chi connectivity index (χ1n) is 8.44. The molecule has 1 aromatic rings. The predicted molar refractivity (Wildman–Crippen MR) is 77.6 cm³/mol. The second kappa shape index (κ2) is 5.72. The number of alkyl halides is 3. The van der Waals surface area contributed by atoms with E-state index < -0.39 is 12.0 Å². The van der Waals surface area contributed by atoms with Crippen LogP contribution in [-0.4, -0.2) is 45.2 Å². The third-order valence-corrected chi connectivity index (χ3v) is 5.39. The maximum absolute atomic E-state index is 12.9. The van der Waals surface area contributed by atoms with E-state index in [0.29, 0.717) is 11.8 Å². The van der Waals surface area contributed by atoms with E-state index in [-0.39, 0.29) is 37.3 Å². The Labute approximate surface area is 137 Å². The number of carbonyl (C=O) groups is 1. The van der Waals surface area contributed by atoms with Crippen LogP contribution < -0.4 is 5.32 Å². The third-order valence-electron chi connectivity index (χ3n) is 5.39. The fraction of sp³-hybridized carbons (Fsp3) is 0.800. The first kappa shape index (κ1) is 15.9. The van der Waals surface area contributed by atoms with E-state index in [1.54, 1.807) is 4.90 Å². The van der Waals surface area contributed by atoms with Gasteiger partial charge in [0.15, 0.2) is 5.82 Å². The van der Waals surface area contributed by atoms with E-state index in [9.17, 15) is 18.0 Å². The van der Waals surface area contributed by atoms with Gasteiger partial charge in [-0.25, -0.2) is 0 Å². The molecule has 2 unspecified atom stereocenters. The zero-order valence-electron chi connectivity index (χ0n) is 13.2. The molecular formula is C15H20F3N5O. The maximum Gasteiger partial charge on any atom is 0.451 e. The predicted octanol–water partition coefficient (Wildman–Crippen LogP) is 1.27. The van der Waals surface area contributed by atoms with Crippen LogP contribution in [0.15, 0.2) is 0 Å². The fourth-order valence-electron chi connectivity index (χ4n) is 4.00. The second-order valence-corrected chi connectivity index (χ2v) is 6.95. The van der Waals surface area contributed by atoms with E-state index in [2.05, 4.69) is 15.5 Å². The molecule has 0 bridgehead atoms. The quantitative estimate of drug-likeness (QED) is 0.879. The smallest absolute Gasteiger partial charge is 0.333 e. The van der Waals surface area contributed by atoms with E-state index >= 15 is 0 Å². The summed E-state index contributed by atoms with van der Waals surface area (Å²) in [6, 6.07) is 0. The number of nitrogens with zero attached hydrogens (tertiary/aromatic N) is 4. The second-order valence-electron chi connectivity index (χ2n) is 6.95. The minimum Gasteiger partial charge on any atom is -0.333 e. The number of rotatable bonds is 2. The summed E-state index contributed by atoms with van der Waals surface area (Å²) in [5.74, 6) is 0.279. The van der Waals surface area contributed by atoms with Crippen LogP contribution in [0, 0.1) is 17.8 Å². The van der Waals surface area contributed by atoms with Gasteiger partial charge in [-0.2, -0.15) is 13.2 Å². The average molecular weight is 343 g/mol. The average Bonchev–Trinajstić information content (AvgIpc) is 3.31. The first-order chi connectivity index (χ1) is 11.4. The highest BCUT2D eigenvalue weighted by atomic mass is 19.4. The summed E-state index contributed by atoms with van der Waals surface area (Å²) >= 11 is 0. The van der Waals surface area contributed by atoms with Gasteiger partial charge in [-0.3, -0.25) is 4.79 Å². The molecule has 1 aliphatic carbocycles. The normalized spacial score (nSPS) is 27.9. The van der Waals surface area contributed by atoms with Gasteiger partial charge in [0, 0.05) is 19.0 Å². The zero-order chi connectivity index (χ0) is 16.9.